The van der Waals surface area contributed by atoms with Crippen molar-refractivity contribution in [3.8, 4) is 33.4 Å². The summed E-state index contributed by atoms with van der Waals surface area (Å²) in [6.07, 6.45) is 4.98. The number of nitrogens with zero attached hydrogens (tertiary/aromatic N) is 2. The minimum Gasteiger partial charge on any atom is -0.376 e. The quantitative estimate of drug-likeness (QED) is 0.155. The van der Waals surface area contributed by atoms with Gasteiger partial charge in [-0.2, -0.15) is 0 Å². The molecule has 57 heavy (non-hydrogen) atoms. The van der Waals surface area contributed by atoms with Gasteiger partial charge in [0.05, 0.1) is 5.54 Å². The first-order valence-corrected chi connectivity index (χ1v) is 21.4. The van der Waals surface area contributed by atoms with Gasteiger partial charge in [0, 0.05) is 44.6 Å². The monoisotopic (exact) mass is 734 g/mol. The summed E-state index contributed by atoms with van der Waals surface area (Å²) >= 11 is 0. The van der Waals surface area contributed by atoms with Crippen molar-refractivity contribution in [2.24, 2.45) is 0 Å². The van der Waals surface area contributed by atoms with Gasteiger partial charge in [-0.15, -0.1) is 0 Å². The smallest absolute Gasteiger partial charge is 0.333 e. The molecule has 0 amide bonds. The van der Waals surface area contributed by atoms with Gasteiger partial charge in [-0.1, -0.05) is 145 Å². The first kappa shape index (κ1) is 32.5. The van der Waals surface area contributed by atoms with Crippen LogP contribution in [0.2, 0.25) is 0 Å². The number of para-hydroxylation sites is 1. The number of rotatable bonds is 1. The second-order valence-electron chi connectivity index (χ2n) is 19.6. The summed E-state index contributed by atoms with van der Waals surface area (Å²) in [5.74, 6) is 0. The Balaban J connectivity index is 1.18. The molecule has 7 aromatic rings. The SMILES string of the molecule is CC1(C)c2ccccc2-c2ccc(N3B4c5cccc6c5N(c5cc7ccccc7c(c54)-c4cc5c(cc43)C(C)(C)c3ccccc3-5)C3(C)CCCCC63C)cc21. The Morgan fingerprint density at radius 2 is 1.16 bits per heavy atom. The van der Waals surface area contributed by atoms with Crippen LogP contribution in [0.1, 0.15) is 95.0 Å². The van der Waals surface area contributed by atoms with Crippen LogP contribution in [0.5, 0.6) is 0 Å². The van der Waals surface area contributed by atoms with E-state index in [1.807, 2.05) is 0 Å². The summed E-state index contributed by atoms with van der Waals surface area (Å²) in [6, 6.07) is 50.0. The molecule has 1 saturated carbocycles. The minimum atomic E-state index is -0.116. The third-order valence-electron chi connectivity index (χ3n) is 16.4. The fraction of sp³-hybridized carbons (Fsp3) is 0.259. The number of hydrogen-bond acceptors (Lipinski definition) is 2. The molecule has 276 valence electrons. The van der Waals surface area contributed by atoms with Crippen molar-refractivity contribution in [1.82, 2.24) is 0 Å². The summed E-state index contributed by atoms with van der Waals surface area (Å²) in [4.78, 5) is 5.66. The van der Waals surface area contributed by atoms with Crippen molar-refractivity contribution in [2.45, 2.75) is 89.0 Å². The molecule has 3 heterocycles. The average Bonchev–Trinajstić information content (AvgIpc) is 3.69. The largest absolute Gasteiger partial charge is 0.376 e. The zero-order chi connectivity index (χ0) is 38.4. The molecule has 3 aliphatic heterocycles. The Kier molecular flexibility index (Phi) is 5.88. The molecule has 6 aliphatic rings. The number of benzene rings is 7. The Hall–Kier alpha value is -5.54. The highest BCUT2D eigenvalue weighted by Crippen LogP contribution is 2.63. The van der Waals surface area contributed by atoms with Crippen LogP contribution in [0.15, 0.2) is 127 Å². The van der Waals surface area contributed by atoms with Crippen LogP contribution in [0.4, 0.5) is 22.7 Å². The minimum absolute atomic E-state index is 0.0136. The Bertz CT molecular complexity index is 2990. The highest BCUT2D eigenvalue weighted by atomic mass is 15.3. The van der Waals surface area contributed by atoms with Crippen molar-refractivity contribution < 1.29 is 0 Å². The molecule has 0 aromatic heterocycles. The van der Waals surface area contributed by atoms with Gasteiger partial charge in [-0.3, -0.25) is 0 Å². The zero-order valence-electron chi connectivity index (χ0n) is 33.9. The second kappa shape index (κ2) is 10.3. The van der Waals surface area contributed by atoms with Crippen LogP contribution in [0.3, 0.4) is 0 Å². The molecule has 0 bridgehead atoms. The number of anilines is 4. The van der Waals surface area contributed by atoms with Gasteiger partial charge >= 0.3 is 6.85 Å². The van der Waals surface area contributed by atoms with Crippen molar-refractivity contribution in [1.29, 1.82) is 0 Å². The maximum Gasteiger partial charge on any atom is 0.333 e. The van der Waals surface area contributed by atoms with Crippen molar-refractivity contribution in [3.63, 3.8) is 0 Å². The van der Waals surface area contributed by atoms with Gasteiger partial charge in [0.15, 0.2) is 0 Å². The summed E-state index contributed by atoms with van der Waals surface area (Å²) in [6.45, 7) is 14.9. The summed E-state index contributed by atoms with van der Waals surface area (Å²) in [5.41, 5.74) is 23.7. The third kappa shape index (κ3) is 3.64. The fourth-order valence-corrected chi connectivity index (χ4v) is 13.3. The van der Waals surface area contributed by atoms with E-state index in [1.54, 1.807) is 5.56 Å². The average molecular weight is 735 g/mol. The van der Waals surface area contributed by atoms with E-state index in [1.165, 1.54) is 126 Å². The molecule has 0 saturated heterocycles. The van der Waals surface area contributed by atoms with Gasteiger partial charge in [0.1, 0.15) is 0 Å². The van der Waals surface area contributed by atoms with E-state index >= 15 is 0 Å². The fourth-order valence-electron chi connectivity index (χ4n) is 13.3. The standard InChI is InChI=1S/C54H47BN2/c1-51(2)40-20-11-9-18-35(40)37-25-24-33(29-43(37)51)57-46-31-44-38(36-19-10-12-21-41(36)52(44,3)4)30-39(46)48-34-17-8-7-16-32(34)28-47-49(48)55(57)45-23-15-22-42-50(45)56(47)54(6)27-14-13-26-53(42,54)5/h7-12,15-25,28-31H,13-14,26-27H2,1-6H3. The predicted molar refractivity (Wildman–Crippen MR) is 241 cm³/mol. The molecular formula is C54H47BN2. The van der Waals surface area contributed by atoms with Gasteiger partial charge in [0.25, 0.3) is 0 Å². The molecule has 2 atom stereocenters. The lowest BCUT2D eigenvalue weighted by Crippen LogP contribution is -2.64. The van der Waals surface area contributed by atoms with Gasteiger partial charge in [-0.05, 0) is 127 Å². The van der Waals surface area contributed by atoms with E-state index in [9.17, 15) is 0 Å². The molecule has 0 N–H and O–H groups in total. The lowest BCUT2D eigenvalue weighted by molar-refractivity contribution is 0.195. The zero-order valence-corrected chi connectivity index (χ0v) is 33.9. The van der Waals surface area contributed by atoms with Crippen LogP contribution in [-0.2, 0) is 16.2 Å². The van der Waals surface area contributed by atoms with Crippen LogP contribution in [0.25, 0.3) is 44.2 Å². The Morgan fingerprint density at radius 3 is 1.95 bits per heavy atom. The van der Waals surface area contributed by atoms with Gasteiger partial charge in [0.2, 0.25) is 0 Å². The van der Waals surface area contributed by atoms with Crippen molar-refractivity contribution >= 4 is 51.3 Å². The van der Waals surface area contributed by atoms with E-state index in [0.717, 1.165) is 0 Å². The van der Waals surface area contributed by atoms with E-state index in [4.69, 9.17) is 0 Å². The molecule has 2 nitrogen and oxygen atoms in total. The normalized spacial score (nSPS) is 22.9. The second-order valence-corrected chi connectivity index (χ2v) is 19.6. The maximum atomic E-state index is 2.87. The molecule has 7 aromatic carbocycles. The van der Waals surface area contributed by atoms with E-state index in [-0.39, 0.29) is 28.6 Å². The van der Waals surface area contributed by atoms with Crippen molar-refractivity contribution in [3.05, 3.63) is 155 Å². The van der Waals surface area contributed by atoms with E-state index in [2.05, 4.69) is 179 Å². The lowest BCUT2D eigenvalue weighted by Gasteiger charge is -2.53. The van der Waals surface area contributed by atoms with Crippen LogP contribution in [0, 0.1) is 0 Å². The van der Waals surface area contributed by atoms with E-state index < -0.39 is 0 Å². The molecule has 3 heteroatoms. The lowest BCUT2D eigenvalue weighted by atomic mass is 9.43. The Labute approximate surface area is 337 Å². The number of fused-ring (bicyclic) bond motifs is 15. The predicted octanol–water partition coefficient (Wildman–Crippen LogP) is 12.4. The van der Waals surface area contributed by atoms with Gasteiger partial charge < -0.3 is 9.71 Å². The summed E-state index contributed by atoms with van der Waals surface area (Å²) < 4.78 is 0. The Morgan fingerprint density at radius 1 is 0.509 bits per heavy atom. The number of hydrogen-bond donors (Lipinski definition) is 0. The molecule has 0 spiro atoms. The van der Waals surface area contributed by atoms with E-state index in [0.29, 0.717) is 0 Å². The van der Waals surface area contributed by atoms with Gasteiger partial charge in [-0.25, -0.2) is 0 Å². The molecule has 3 aliphatic carbocycles. The summed E-state index contributed by atoms with van der Waals surface area (Å²) in [7, 11) is 0. The highest BCUT2D eigenvalue weighted by Gasteiger charge is 2.62. The third-order valence-corrected chi connectivity index (χ3v) is 16.4. The first-order valence-electron chi connectivity index (χ1n) is 21.4. The molecule has 1 fully saturated rings. The van der Waals surface area contributed by atoms with Crippen molar-refractivity contribution in [2.75, 3.05) is 9.71 Å². The first-order chi connectivity index (χ1) is 27.5. The van der Waals surface area contributed by atoms with Crippen LogP contribution < -0.4 is 20.6 Å². The summed E-state index contributed by atoms with van der Waals surface area (Å²) in [5, 5.41) is 2.69. The molecule has 2 unspecified atom stereocenters. The maximum absolute atomic E-state index is 2.87. The topological polar surface area (TPSA) is 6.48 Å². The molecular weight excluding hydrogens is 687 g/mol. The molecule has 13 rings (SSSR count). The van der Waals surface area contributed by atoms with Crippen LogP contribution in [-0.4, -0.2) is 12.4 Å². The van der Waals surface area contributed by atoms with Crippen LogP contribution >= 0.6 is 0 Å². The highest BCUT2D eigenvalue weighted by molar-refractivity contribution is 6.94. The molecule has 0 radical (unpaired) electrons.